The smallest absolute Gasteiger partial charge is 0.193 e. The maximum atomic E-state index is 5.69. The van der Waals surface area contributed by atoms with Gasteiger partial charge >= 0.3 is 0 Å². The number of ether oxygens (including phenoxy) is 1. The quantitative estimate of drug-likeness (QED) is 0.567. The lowest BCUT2D eigenvalue weighted by molar-refractivity contribution is 0.156. The number of thiazole rings is 1. The number of hydrogen-bond acceptors (Lipinski definition) is 5. The van der Waals surface area contributed by atoms with Crippen LogP contribution in [-0.2, 0) is 17.7 Å². The van der Waals surface area contributed by atoms with Crippen LogP contribution in [0.4, 0.5) is 0 Å². The van der Waals surface area contributed by atoms with E-state index in [4.69, 9.17) is 14.7 Å². The Kier molecular flexibility index (Phi) is 7.08. The maximum absolute atomic E-state index is 5.69. The number of likely N-dealkylation sites (tertiary alicyclic amines) is 2. The number of aliphatic imine (C=N–C) groups is 1. The molecule has 3 aliphatic rings. The Labute approximate surface area is 179 Å². The Morgan fingerprint density at radius 1 is 1.31 bits per heavy atom. The third-order valence-corrected chi connectivity index (χ3v) is 7.79. The molecule has 3 fully saturated rings. The molecule has 3 saturated heterocycles. The summed E-state index contributed by atoms with van der Waals surface area (Å²) >= 11 is 1.80. The van der Waals surface area contributed by atoms with Crippen LogP contribution >= 0.6 is 11.3 Å². The van der Waals surface area contributed by atoms with Gasteiger partial charge in [-0.25, -0.2) is 4.98 Å². The van der Waals surface area contributed by atoms with Gasteiger partial charge in [-0.3, -0.25) is 9.89 Å². The third-order valence-electron chi connectivity index (χ3n) is 6.75. The molecule has 162 valence electrons. The molecule has 6 nitrogen and oxygen atoms in total. The molecule has 1 N–H and O–H groups in total. The molecule has 1 unspecified atom stereocenters. The second kappa shape index (κ2) is 9.75. The summed E-state index contributed by atoms with van der Waals surface area (Å²) in [7, 11) is 0. The van der Waals surface area contributed by atoms with Crippen LogP contribution in [0.25, 0.3) is 0 Å². The van der Waals surface area contributed by atoms with Crippen LogP contribution in [0.5, 0.6) is 0 Å². The lowest BCUT2D eigenvalue weighted by atomic mass is 9.87. The molecular formula is C22H37N5OS. The molecule has 4 rings (SSSR count). The monoisotopic (exact) mass is 419 g/mol. The van der Waals surface area contributed by atoms with E-state index in [9.17, 15) is 0 Å². The number of hydrogen-bond donors (Lipinski definition) is 1. The highest BCUT2D eigenvalue weighted by atomic mass is 32.1. The minimum absolute atomic E-state index is 0.384. The summed E-state index contributed by atoms with van der Waals surface area (Å²) in [4.78, 5) is 14.8. The first-order chi connectivity index (χ1) is 14.2. The van der Waals surface area contributed by atoms with E-state index in [0.717, 1.165) is 58.3 Å². The van der Waals surface area contributed by atoms with Gasteiger partial charge in [0, 0.05) is 50.1 Å². The fraction of sp³-hybridized carbons (Fsp3) is 0.818. The van der Waals surface area contributed by atoms with Crippen molar-refractivity contribution in [2.24, 2.45) is 16.3 Å². The molecule has 0 saturated carbocycles. The molecule has 1 spiro atoms. The van der Waals surface area contributed by atoms with Crippen molar-refractivity contribution < 1.29 is 4.74 Å². The van der Waals surface area contributed by atoms with E-state index in [2.05, 4.69) is 34.3 Å². The van der Waals surface area contributed by atoms with E-state index in [0.29, 0.717) is 11.3 Å². The summed E-state index contributed by atoms with van der Waals surface area (Å²) in [5, 5.41) is 7.03. The predicted octanol–water partition coefficient (Wildman–Crippen LogP) is 3.00. The number of aromatic nitrogens is 1. The van der Waals surface area contributed by atoms with Crippen molar-refractivity contribution in [3.05, 3.63) is 16.1 Å². The average Bonchev–Trinajstić information content (AvgIpc) is 3.49. The normalized spacial score (nSPS) is 26.7. The first-order valence-electron chi connectivity index (χ1n) is 11.5. The second-order valence-corrected chi connectivity index (χ2v) is 9.92. The highest BCUT2D eigenvalue weighted by molar-refractivity contribution is 7.09. The van der Waals surface area contributed by atoms with Crippen molar-refractivity contribution >= 4 is 17.3 Å². The van der Waals surface area contributed by atoms with Gasteiger partial charge in [0.1, 0.15) is 0 Å². The fourth-order valence-corrected chi connectivity index (χ4v) is 5.60. The lowest BCUT2D eigenvalue weighted by Gasteiger charge is -2.31. The molecule has 29 heavy (non-hydrogen) atoms. The molecule has 1 aromatic rings. The highest BCUT2D eigenvalue weighted by Gasteiger charge is 2.42. The number of nitrogens with zero attached hydrogens (tertiary/aromatic N) is 4. The van der Waals surface area contributed by atoms with Crippen LogP contribution in [0.15, 0.2) is 10.4 Å². The summed E-state index contributed by atoms with van der Waals surface area (Å²) in [5.41, 5.74) is 1.63. The van der Waals surface area contributed by atoms with Gasteiger partial charge in [-0.1, -0.05) is 6.92 Å². The van der Waals surface area contributed by atoms with Crippen molar-refractivity contribution in [2.45, 2.75) is 52.5 Å². The molecule has 0 aliphatic carbocycles. The Morgan fingerprint density at radius 3 is 2.86 bits per heavy atom. The van der Waals surface area contributed by atoms with E-state index in [1.807, 2.05) is 0 Å². The van der Waals surface area contributed by atoms with Gasteiger partial charge in [0.05, 0.1) is 17.3 Å². The predicted molar refractivity (Wildman–Crippen MR) is 120 cm³/mol. The summed E-state index contributed by atoms with van der Waals surface area (Å²) in [5.74, 6) is 1.82. The van der Waals surface area contributed by atoms with Crippen LogP contribution in [-0.4, -0.2) is 73.2 Å². The molecule has 7 heteroatoms. The zero-order chi connectivity index (χ0) is 20.1. The number of piperidine rings is 1. The Hall–Kier alpha value is -1.18. The minimum Gasteiger partial charge on any atom is -0.381 e. The first kappa shape index (κ1) is 21.1. The standard InChI is InChI=1S/C22H37N5OS/c1-3-20-25-19(15-29-20)14-26-9-5-18(6-10-26)13-24-21(23-4-2)27-11-7-22(16-27)8-12-28-17-22/h15,18H,3-14,16-17H2,1-2H3,(H,23,24). The van der Waals surface area contributed by atoms with Crippen LogP contribution < -0.4 is 5.32 Å². The van der Waals surface area contributed by atoms with Gasteiger partial charge in [-0.05, 0) is 58.0 Å². The molecule has 4 heterocycles. The van der Waals surface area contributed by atoms with Gasteiger partial charge in [-0.15, -0.1) is 11.3 Å². The van der Waals surface area contributed by atoms with Gasteiger partial charge in [0.25, 0.3) is 0 Å². The summed E-state index contributed by atoms with van der Waals surface area (Å²) in [6, 6.07) is 0. The third kappa shape index (κ3) is 5.30. The Morgan fingerprint density at radius 2 is 2.17 bits per heavy atom. The number of aryl methyl sites for hydroxylation is 1. The van der Waals surface area contributed by atoms with Crippen molar-refractivity contribution in [1.82, 2.24) is 20.1 Å². The van der Waals surface area contributed by atoms with E-state index < -0.39 is 0 Å². The van der Waals surface area contributed by atoms with Gasteiger partial charge in [-0.2, -0.15) is 0 Å². The van der Waals surface area contributed by atoms with Crippen LogP contribution in [0.2, 0.25) is 0 Å². The lowest BCUT2D eigenvalue weighted by Crippen LogP contribution is -2.42. The number of nitrogens with one attached hydrogen (secondary N) is 1. The van der Waals surface area contributed by atoms with Crippen molar-refractivity contribution in [3.8, 4) is 0 Å². The second-order valence-electron chi connectivity index (χ2n) is 8.97. The minimum atomic E-state index is 0.384. The molecular weight excluding hydrogens is 382 g/mol. The summed E-state index contributed by atoms with van der Waals surface area (Å²) in [6.07, 6.45) is 5.98. The van der Waals surface area contributed by atoms with Gasteiger partial charge in [0.15, 0.2) is 5.96 Å². The van der Waals surface area contributed by atoms with Crippen molar-refractivity contribution in [1.29, 1.82) is 0 Å². The van der Waals surface area contributed by atoms with Crippen molar-refractivity contribution in [3.63, 3.8) is 0 Å². The number of guanidine groups is 1. The molecule has 0 radical (unpaired) electrons. The SMILES string of the molecule is CCNC(=NCC1CCN(Cc2csc(CC)n2)CC1)N1CCC2(CCOC2)C1. The van der Waals surface area contributed by atoms with E-state index >= 15 is 0 Å². The van der Waals surface area contributed by atoms with Gasteiger partial charge in [0.2, 0.25) is 0 Å². The van der Waals surface area contributed by atoms with Crippen LogP contribution in [0, 0.1) is 11.3 Å². The van der Waals surface area contributed by atoms with Crippen LogP contribution in [0.3, 0.4) is 0 Å². The fourth-order valence-electron chi connectivity index (χ4n) is 4.87. The van der Waals surface area contributed by atoms with E-state index in [1.165, 1.54) is 49.5 Å². The zero-order valence-electron chi connectivity index (χ0n) is 18.2. The highest BCUT2D eigenvalue weighted by Crippen LogP contribution is 2.38. The topological polar surface area (TPSA) is 53.0 Å². The molecule has 1 aromatic heterocycles. The van der Waals surface area contributed by atoms with Gasteiger partial charge < -0.3 is 15.0 Å². The summed E-state index contributed by atoms with van der Waals surface area (Å²) in [6.45, 7) is 13.7. The Bertz CT molecular complexity index is 676. The molecule has 0 aromatic carbocycles. The number of rotatable bonds is 6. The summed E-state index contributed by atoms with van der Waals surface area (Å²) < 4.78 is 5.69. The molecule has 0 amide bonds. The largest absolute Gasteiger partial charge is 0.381 e. The molecule has 0 bridgehead atoms. The average molecular weight is 420 g/mol. The molecule has 3 aliphatic heterocycles. The van der Waals surface area contributed by atoms with Crippen LogP contribution in [0.1, 0.15) is 50.2 Å². The van der Waals surface area contributed by atoms with E-state index in [1.54, 1.807) is 11.3 Å². The zero-order valence-corrected chi connectivity index (χ0v) is 19.0. The maximum Gasteiger partial charge on any atom is 0.193 e. The van der Waals surface area contributed by atoms with Crippen molar-refractivity contribution in [2.75, 3.05) is 52.5 Å². The van der Waals surface area contributed by atoms with E-state index in [-0.39, 0.29) is 0 Å². The molecule has 1 atom stereocenters. The Balaban J connectivity index is 1.25. The first-order valence-corrected chi connectivity index (χ1v) is 12.3.